The Kier molecular flexibility index (Phi) is 7.39. The van der Waals surface area contributed by atoms with E-state index in [1.165, 1.54) is 53.5 Å². The first kappa shape index (κ1) is 31.6. The van der Waals surface area contributed by atoms with Crippen molar-refractivity contribution in [1.29, 1.82) is 0 Å². The second-order valence-electron chi connectivity index (χ2n) is 14.1. The molecule has 0 fully saturated rings. The molecule has 2 heterocycles. The van der Waals surface area contributed by atoms with Crippen LogP contribution in [0, 0.1) is 0 Å². The maximum Gasteiger partial charge on any atom is 0.143 e. The molecule has 3 heteroatoms. The molecule has 0 aliphatic heterocycles. The highest BCUT2D eigenvalue weighted by molar-refractivity contribution is 7.26. The lowest BCUT2D eigenvalue weighted by Crippen LogP contribution is -2.09. The van der Waals surface area contributed by atoms with Gasteiger partial charge in [0, 0.05) is 43.0 Å². The van der Waals surface area contributed by atoms with Gasteiger partial charge in [0.15, 0.2) is 0 Å². The van der Waals surface area contributed by atoms with Crippen LogP contribution in [0.2, 0.25) is 0 Å². The summed E-state index contributed by atoms with van der Waals surface area (Å²) >= 11 is 1.86. The Labute approximate surface area is 322 Å². The van der Waals surface area contributed by atoms with E-state index in [0.29, 0.717) is 0 Å². The van der Waals surface area contributed by atoms with E-state index in [9.17, 15) is 0 Å². The number of fused-ring (bicyclic) bond motifs is 8. The van der Waals surface area contributed by atoms with Crippen LogP contribution < -0.4 is 4.90 Å². The first-order valence-corrected chi connectivity index (χ1v) is 19.5. The van der Waals surface area contributed by atoms with Crippen LogP contribution in [-0.2, 0) is 0 Å². The molecule has 0 saturated carbocycles. The average Bonchev–Trinajstić information content (AvgIpc) is 3.83. The van der Waals surface area contributed by atoms with E-state index in [2.05, 4.69) is 205 Å². The molecule has 2 nitrogen and oxygen atoms in total. The normalized spacial score (nSPS) is 11.6. The molecule has 11 aromatic rings. The molecular formula is C52H33NOS. The highest BCUT2D eigenvalue weighted by Crippen LogP contribution is 2.45. The van der Waals surface area contributed by atoms with Crippen LogP contribution in [-0.4, -0.2) is 0 Å². The van der Waals surface area contributed by atoms with Crippen molar-refractivity contribution in [2.75, 3.05) is 4.90 Å². The molecule has 0 aliphatic carbocycles. The van der Waals surface area contributed by atoms with Gasteiger partial charge < -0.3 is 9.32 Å². The smallest absolute Gasteiger partial charge is 0.143 e. The Morgan fingerprint density at radius 1 is 0.364 bits per heavy atom. The molecule has 0 radical (unpaired) electrons. The number of hydrogen-bond acceptors (Lipinski definition) is 3. The Balaban J connectivity index is 1.00. The van der Waals surface area contributed by atoms with Gasteiger partial charge in [-0.1, -0.05) is 140 Å². The quantitative estimate of drug-likeness (QED) is 0.170. The van der Waals surface area contributed by atoms with Crippen molar-refractivity contribution >= 4 is 81.3 Å². The van der Waals surface area contributed by atoms with Crippen molar-refractivity contribution < 1.29 is 4.42 Å². The van der Waals surface area contributed by atoms with Gasteiger partial charge in [-0.3, -0.25) is 0 Å². The minimum Gasteiger partial charge on any atom is -0.455 e. The van der Waals surface area contributed by atoms with Crippen LogP contribution in [0.1, 0.15) is 0 Å². The van der Waals surface area contributed by atoms with Gasteiger partial charge in [0.2, 0.25) is 0 Å². The van der Waals surface area contributed by atoms with E-state index < -0.39 is 0 Å². The standard InChI is InChI=1S/C52H33NOS/c1-3-13-34(14-4-1)36-15-11-16-38(31-36)46-33-47-42-30-27-37(32-49(42)54-51(47)44-21-8-7-19-41(44)46)35-25-28-40(29-26-35)53(39-17-5-2-6-18-39)48-23-12-22-45-43-20-9-10-24-50(43)55-52(45)48/h1-33H. The third kappa shape index (κ3) is 5.32. The molecule has 0 spiro atoms. The van der Waals surface area contributed by atoms with Crippen LogP contribution in [0.25, 0.3) is 86.3 Å². The molecule has 0 bridgehead atoms. The molecule has 9 aromatic carbocycles. The maximum absolute atomic E-state index is 6.75. The summed E-state index contributed by atoms with van der Waals surface area (Å²) in [6.45, 7) is 0. The summed E-state index contributed by atoms with van der Waals surface area (Å²) in [5.41, 5.74) is 12.3. The minimum atomic E-state index is 0.888. The molecule has 2 aromatic heterocycles. The number of furan rings is 1. The summed E-state index contributed by atoms with van der Waals surface area (Å²) in [6, 6.07) is 72.0. The average molecular weight is 720 g/mol. The molecule has 0 unspecified atom stereocenters. The third-order valence-corrected chi connectivity index (χ3v) is 12.1. The SMILES string of the molecule is c1ccc(-c2cccc(-c3cc4c5ccc(-c6ccc(N(c7ccccc7)c7cccc8c7sc7ccccc78)cc6)cc5oc4c4ccccc34)c2)cc1. The van der Waals surface area contributed by atoms with Gasteiger partial charge in [0.1, 0.15) is 11.2 Å². The first-order valence-electron chi connectivity index (χ1n) is 18.7. The fourth-order valence-electron chi connectivity index (χ4n) is 8.23. The molecule has 0 saturated heterocycles. The van der Waals surface area contributed by atoms with Crippen molar-refractivity contribution in [3.63, 3.8) is 0 Å². The number of nitrogens with zero attached hydrogens (tertiary/aromatic N) is 1. The monoisotopic (exact) mass is 719 g/mol. The number of anilines is 3. The molecule has 0 aliphatic rings. The van der Waals surface area contributed by atoms with E-state index in [0.717, 1.165) is 49.8 Å². The first-order chi connectivity index (χ1) is 27.3. The van der Waals surface area contributed by atoms with Gasteiger partial charge in [-0.25, -0.2) is 0 Å². The number of para-hydroxylation sites is 1. The van der Waals surface area contributed by atoms with Crippen LogP contribution in [0.3, 0.4) is 0 Å². The zero-order chi connectivity index (χ0) is 36.3. The van der Waals surface area contributed by atoms with Crippen molar-refractivity contribution in [3.8, 4) is 33.4 Å². The third-order valence-electron chi connectivity index (χ3n) is 10.9. The molecule has 11 rings (SSSR count). The second-order valence-corrected chi connectivity index (χ2v) is 15.1. The van der Waals surface area contributed by atoms with E-state index in [1.807, 2.05) is 11.3 Å². The van der Waals surface area contributed by atoms with Gasteiger partial charge in [-0.05, 0) is 99.4 Å². The number of thiophene rings is 1. The van der Waals surface area contributed by atoms with E-state index >= 15 is 0 Å². The highest BCUT2D eigenvalue weighted by atomic mass is 32.1. The molecule has 0 atom stereocenters. The summed E-state index contributed by atoms with van der Waals surface area (Å²) in [5, 5.41) is 7.14. The molecule has 55 heavy (non-hydrogen) atoms. The zero-order valence-electron chi connectivity index (χ0n) is 29.8. The van der Waals surface area contributed by atoms with Gasteiger partial charge in [-0.2, -0.15) is 0 Å². The Morgan fingerprint density at radius 2 is 0.964 bits per heavy atom. The van der Waals surface area contributed by atoms with Gasteiger partial charge in [-0.15, -0.1) is 11.3 Å². The van der Waals surface area contributed by atoms with Crippen LogP contribution in [0.15, 0.2) is 205 Å². The molecule has 0 amide bonds. The van der Waals surface area contributed by atoms with E-state index in [4.69, 9.17) is 4.42 Å². The van der Waals surface area contributed by atoms with Crippen molar-refractivity contribution in [3.05, 3.63) is 200 Å². The number of hydrogen-bond donors (Lipinski definition) is 0. The fraction of sp³-hybridized carbons (Fsp3) is 0. The minimum absolute atomic E-state index is 0.888. The van der Waals surface area contributed by atoms with Crippen molar-refractivity contribution in [2.24, 2.45) is 0 Å². The lowest BCUT2D eigenvalue weighted by atomic mass is 9.93. The summed E-state index contributed by atoms with van der Waals surface area (Å²) in [4.78, 5) is 2.38. The number of benzene rings is 9. The van der Waals surface area contributed by atoms with Crippen molar-refractivity contribution in [1.82, 2.24) is 0 Å². The van der Waals surface area contributed by atoms with E-state index in [-0.39, 0.29) is 0 Å². The lowest BCUT2D eigenvalue weighted by Gasteiger charge is -2.26. The Hall–Kier alpha value is -6.94. The Morgan fingerprint density at radius 3 is 1.80 bits per heavy atom. The fourth-order valence-corrected chi connectivity index (χ4v) is 9.44. The van der Waals surface area contributed by atoms with Gasteiger partial charge >= 0.3 is 0 Å². The van der Waals surface area contributed by atoms with Crippen molar-refractivity contribution in [2.45, 2.75) is 0 Å². The van der Waals surface area contributed by atoms with Gasteiger partial charge in [0.05, 0.1) is 10.4 Å². The predicted molar refractivity (Wildman–Crippen MR) is 235 cm³/mol. The largest absolute Gasteiger partial charge is 0.455 e. The lowest BCUT2D eigenvalue weighted by molar-refractivity contribution is 0.673. The van der Waals surface area contributed by atoms with Crippen LogP contribution in [0.5, 0.6) is 0 Å². The molecule has 0 N–H and O–H groups in total. The van der Waals surface area contributed by atoms with Crippen LogP contribution >= 0.6 is 11.3 Å². The number of rotatable bonds is 6. The highest BCUT2D eigenvalue weighted by Gasteiger charge is 2.19. The summed E-state index contributed by atoms with van der Waals surface area (Å²) in [7, 11) is 0. The predicted octanol–water partition coefficient (Wildman–Crippen LogP) is 15.6. The van der Waals surface area contributed by atoms with Gasteiger partial charge in [0.25, 0.3) is 0 Å². The molecular weight excluding hydrogens is 687 g/mol. The Bertz CT molecular complexity index is 3190. The summed E-state index contributed by atoms with van der Waals surface area (Å²) in [5.74, 6) is 0. The van der Waals surface area contributed by atoms with Crippen LogP contribution in [0.4, 0.5) is 17.1 Å². The topological polar surface area (TPSA) is 16.4 Å². The summed E-state index contributed by atoms with van der Waals surface area (Å²) in [6.07, 6.45) is 0. The maximum atomic E-state index is 6.75. The zero-order valence-corrected chi connectivity index (χ0v) is 30.6. The molecule has 258 valence electrons. The van der Waals surface area contributed by atoms with E-state index in [1.54, 1.807) is 0 Å². The second kappa shape index (κ2) is 12.9. The summed E-state index contributed by atoms with van der Waals surface area (Å²) < 4.78 is 9.33.